The molecule has 0 saturated heterocycles. The molecule has 0 aliphatic heterocycles. The van der Waals surface area contributed by atoms with Crippen molar-refractivity contribution in [2.75, 3.05) is 11.5 Å². The van der Waals surface area contributed by atoms with Crippen molar-refractivity contribution in [2.45, 2.75) is 16.8 Å². The van der Waals surface area contributed by atoms with Crippen LogP contribution in [0.4, 0.5) is 8.78 Å². The number of aromatic amines is 1. The average Bonchev–Trinajstić information content (AvgIpc) is 3.45. The van der Waals surface area contributed by atoms with Gasteiger partial charge in [-0.25, -0.2) is 13.8 Å². The Morgan fingerprint density at radius 2 is 1.93 bits per heavy atom. The van der Waals surface area contributed by atoms with Crippen molar-refractivity contribution in [2.24, 2.45) is 7.05 Å². The number of aryl methyl sites for hydroxylation is 1. The molecule has 3 aromatic heterocycles. The molecule has 4 rings (SSSR count). The van der Waals surface area contributed by atoms with Crippen molar-refractivity contribution in [1.29, 1.82) is 0 Å². The molecule has 0 aliphatic carbocycles. The Balaban J connectivity index is 1.30. The largest absolute Gasteiger partial charge is 0.411 e. The summed E-state index contributed by atoms with van der Waals surface area (Å²) in [5.41, 5.74) is 0.714. The summed E-state index contributed by atoms with van der Waals surface area (Å²) >= 11 is 6.22. The van der Waals surface area contributed by atoms with E-state index in [2.05, 4.69) is 46.4 Å². The molecule has 0 aliphatic rings. The smallest absolute Gasteiger partial charge is 0.282 e. The van der Waals surface area contributed by atoms with E-state index in [0.29, 0.717) is 27.7 Å². The van der Waals surface area contributed by atoms with Crippen LogP contribution in [-0.4, -0.2) is 46.7 Å². The van der Waals surface area contributed by atoms with Crippen LogP contribution in [0.15, 0.2) is 49.7 Å². The third kappa shape index (κ3) is 4.90. The van der Waals surface area contributed by atoms with E-state index in [-0.39, 0.29) is 17.1 Å². The molecule has 0 bridgehead atoms. The molecule has 0 fully saturated rings. The number of rotatable bonds is 8. The summed E-state index contributed by atoms with van der Waals surface area (Å²) in [6.07, 6.45) is -1.28. The molecule has 0 amide bonds. The van der Waals surface area contributed by atoms with Crippen molar-refractivity contribution < 1.29 is 13.2 Å². The Kier molecular flexibility index (Phi) is 6.49. The Labute approximate surface area is 186 Å². The molecular formula is C17H14BrF2N7OS2. The number of thioether (sulfide) groups is 2. The van der Waals surface area contributed by atoms with Gasteiger partial charge < -0.3 is 4.42 Å². The number of H-pyrrole nitrogens is 1. The molecule has 8 nitrogen and oxygen atoms in total. The first-order valence-corrected chi connectivity index (χ1v) is 11.4. The highest BCUT2D eigenvalue weighted by Crippen LogP contribution is 2.31. The summed E-state index contributed by atoms with van der Waals surface area (Å²) in [6.45, 7) is 0. The van der Waals surface area contributed by atoms with E-state index in [0.717, 1.165) is 10.0 Å². The monoisotopic (exact) mass is 513 g/mol. The predicted octanol–water partition coefficient (Wildman–Crippen LogP) is 4.84. The molecular weight excluding hydrogens is 500 g/mol. The van der Waals surface area contributed by atoms with Gasteiger partial charge in [0.25, 0.3) is 17.5 Å². The van der Waals surface area contributed by atoms with Gasteiger partial charge in [-0.2, -0.15) is 5.10 Å². The lowest BCUT2D eigenvalue weighted by atomic mass is 10.2. The number of benzene rings is 1. The highest BCUT2D eigenvalue weighted by Gasteiger charge is 2.22. The predicted molar refractivity (Wildman–Crippen MR) is 112 cm³/mol. The van der Waals surface area contributed by atoms with Gasteiger partial charge in [-0.1, -0.05) is 51.6 Å². The molecule has 0 radical (unpaired) electrons. The van der Waals surface area contributed by atoms with Crippen LogP contribution in [0, 0.1) is 0 Å². The maximum atomic E-state index is 13.1. The zero-order valence-corrected chi connectivity index (χ0v) is 18.6. The summed E-state index contributed by atoms with van der Waals surface area (Å²) in [4.78, 5) is 4.47. The Hall–Kier alpha value is -2.25. The van der Waals surface area contributed by atoms with E-state index in [9.17, 15) is 8.78 Å². The summed E-state index contributed by atoms with van der Waals surface area (Å²) in [5, 5.41) is 19.6. The van der Waals surface area contributed by atoms with Gasteiger partial charge in [-0.05, 0) is 12.1 Å². The van der Waals surface area contributed by atoms with Crippen LogP contribution in [-0.2, 0) is 7.05 Å². The molecule has 156 valence electrons. The van der Waals surface area contributed by atoms with E-state index < -0.39 is 6.43 Å². The van der Waals surface area contributed by atoms with Crippen molar-refractivity contribution in [3.8, 4) is 22.8 Å². The third-order valence-electron chi connectivity index (χ3n) is 3.82. The number of nitrogens with zero attached hydrogens (tertiary/aromatic N) is 6. The minimum atomic E-state index is -2.72. The zero-order chi connectivity index (χ0) is 21.1. The van der Waals surface area contributed by atoms with Crippen LogP contribution in [0.2, 0.25) is 0 Å². The topological polar surface area (TPSA) is 98.3 Å². The van der Waals surface area contributed by atoms with Crippen LogP contribution in [0.3, 0.4) is 0 Å². The molecule has 1 aromatic carbocycles. The van der Waals surface area contributed by atoms with Gasteiger partial charge >= 0.3 is 0 Å². The summed E-state index contributed by atoms with van der Waals surface area (Å²) in [7, 11) is 1.56. The number of halogens is 3. The normalized spacial score (nSPS) is 11.5. The highest BCUT2D eigenvalue weighted by molar-refractivity contribution is 9.10. The van der Waals surface area contributed by atoms with Gasteiger partial charge in [0, 0.05) is 34.8 Å². The minimum Gasteiger partial charge on any atom is -0.411 e. The maximum absolute atomic E-state index is 13.1. The van der Waals surface area contributed by atoms with Crippen LogP contribution in [0.25, 0.3) is 22.8 Å². The van der Waals surface area contributed by atoms with Gasteiger partial charge in [0.05, 0.1) is 5.56 Å². The van der Waals surface area contributed by atoms with E-state index in [1.807, 2.05) is 24.3 Å². The molecule has 3 heterocycles. The first-order chi connectivity index (χ1) is 14.5. The fraction of sp³-hybridized carbons (Fsp3) is 0.235. The van der Waals surface area contributed by atoms with Crippen LogP contribution < -0.4 is 0 Å². The average molecular weight is 514 g/mol. The lowest BCUT2D eigenvalue weighted by molar-refractivity contribution is 0.145. The second kappa shape index (κ2) is 9.27. The third-order valence-corrected chi connectivity index (χ3v) is 6.28. The van der Waals surface area contributed by atoms with Crippen molar-refractivity contribution in [1.82, 2.24) is 35.2 Å². The van der Waals surface area contributed by atoms with Crippen molar-refractivity contribution in [3.05, 3.63) is 40.6 Å². The van der Waals surface area contributed by atoms with E-state index in [1.54, 1.807) is 7.05 Å². The summed E-state index contributed by atoms with van der Waals surface area (Å²) in [6, 6.07) is 7.78. The van der Waals surface area contributed by atoms with Crippen LogP contribution in [0.1, 0.15) is 12.1 Å². The van der Waals surface area contributed by atoms with Gasteiger partial charge in [0.15, 0.2) is 5.82 Å². The van der Waals surface area contributed by atoms with Gasteiger partial charge in [-0.3, -0.25) is 9.78 Å². The highest BCUT2D eigenvalue weighted by atomic mass is 79.9. The molecule has 0 atom stereocenters. The van der Waals surface area contributed by atoms with Crippen LogP contribution >= 0.6 is 39.5 Å². The first-order valence-electron chi connectivity index (χ1n) is 8.59. The van der Waals surface area contributed by atoms with Crippen molar-refractivity contribution in [3.63, 3.8) is 0 Å². The van der Waals surface area contributed by atoms with E-state index in [1.165, 1.54) is 34.4 Å². The first kappa shape index (κ1) is 21.0. The standard InChI is InChI=1S/C17H14BrF2N7OS2/c1-27-8-11(12(26-27)13(19)20)15-23-25-17(28-15)30-7-6-29-16-21-14(22-24-16)9-2-4-10(18)5-3-9/h2-5,8,13H,6-7H2,1H3,(H,21,22,24). The number of hydrogen-bond donors (Lipinski definition) is 1. The van der Waals surface area contributed by atoms with Gasteiger partial charge in [0.1, 0.15) is 5.69 Å². The van der Waals surface area contributed by atoms with Crippen LogP contribution in [0.5, 0.6) is 0 Å². The molecule has 0 spiro atoms. The van der Waals surface area contributed by atoms with Gasteiger partial charge in [-0.15, -0.1) is 15.3 Å². The number of alkyl halides is 2. The second-order valence-electron chi connectivity index (χ2n) is 5.95. The number of nitrogens with one attached hydrogen (secondary N) is 1. The lowest BCUT2D eigenvalue weighted by Crippen LogP contribution is -1.91. The fourth-order valence-corrected chi connectivity index (χ4v) is 4.31. The number of hydrogen-bond acceptors (Lipinski definition) is 8. The maximum Gasteiger partial charge on any atom is 0.282 e. The number of aromatic nitrogens is 7. The summed E-state index contributed by atoms with van der Waals surface area (Å²) < 4.78 is 34.0. The zero-order valence-electron chi connectivity index (χ0n) is 15.4. The molecule has 0 saturated carbocycles. The lowest BCUT2D eigenvalue weighted by Gasteiger charge is -1.96. The summed E-state index contributed by atoms with van der Waals surface area (Å²) in [5.74, 6) is 2.09. The van der Waals surface area contributed by atoms with E-state index in [4.69, 9.17) is 4.42 Å². The molecule has 13 heteroatoms. The minimum absolute atomic E-state index is 0.0293. The fourth-order valence-electron chi connectivity index (χ4n) is 2.52. The molecule has 30 heavy (non-hydrogen) atoms. The Bertz CT molecular complexity index is 1130. The van der Waals surface area contributed by atoms with Crippen molar-refractivity contribution >= 4 is 39.5 Å². The quantitative estimate of drug-likeness (QED) is 0.264. The van der Waals surface area contributed by atoms with Gasteiger partial charge in [0.2, 0.25) is 5.16 Å². The molecule has 0 unspecified atom stereocenters. The Morgan fingerprint density at radius 3 is 2.70 bits per heavy atom. The second-order valence-corrected chi connectivity index (χ2v) is 8.97. The SMILES string of the molecule is Cn1cc(-c2nnc(SCCSc3n[nH]c(-c4ccc(Br)cc4)n3)o2)c(C(F)F)n1. The molecule has 1 N–H and O–H groups in total. The molecule has 4 aromatic rings. The Morgan fingerprint density at radius 1 is 1.17 bits per heavy atom. The van der Waals surface area contributed by atoms with E-state index >= 15 is 0 Å².